The molecular formula is C20H17FN2O3S. The van der Waals surface area contributed by atoms with Gasteiger partial charge >= 0.3 is 0 Å². The summed E-state index contributed by atoms with van der Waals surface area (Å²) in [5.74, 6) is -0.771. The number of benzene rings is 3. The smallest absolute Gasteiger partial charge is 0.261 e. The number of rotatable bonds is 5. The molecule has 5 nitrogen and oxygen atoms in total. The van der Waals surface area contributed by atoms with Crippen LogP contribution in [0, 0.1) is 12.7 Å². The van der Waals surface area contributed by atoms with Crippen LogP contribution in [0.5, 0.6) is 0 Å². The van der Waals surface area contributed by atoms with Crippen molar-refractivity contribution in [2.24, 2.45) is 0 Å². The largest absolute Gasteiger partial charge is 0.322 e. The van der Waals surface area contributed by atoms with Crippen molar-refractivity contribution in [3.05, 3.63) is 89.7 Å². The number of anilines is 2. The first kappa shape index (κ1) is 18.6. The predicted molar refractivity (Wildman–Crippen MR) is 103 cm³/mol. The monoisotopic (exact) mass is 384 g/mol. The van der Waals surface area contributed by atoms with Crippen LogP contribution in [-0.4, -0.2) is 14.3 Å². The van der Waals surface area contributed by atoms with E-state index in [1.807, 2.05) is 18.2 Å². The van der Waals surface area contributed by atoms with Gasteiger partial charge in [0, 0.05) is 16.9 Å². The van der Waals surface area contributed by atoms with E-state index in [4.69, 9.17) is 0 Å². The van der Waals surface area contributed by atoms with Crippen molar-refractivity contribution in [1.82, 2.24) is 0 Å². The Morgan fingerprint density at radius 2 is 1.56 bits per heavy atom. The Kier molecular flexibility index (Phi) is 5.23. The molecule has 0 aliphatic carbocycles. The Morgan fingerprint density at radius 1 is 0.889 bits per heavy atom. The lowest BCUT2D eigenvalue weighted by atomic mass is 10.2. The van der Waals surface area contributed by atoms with E-state index >= 15 is 0 Å². The molecular weight excluding hydrogens is 367 g/mol. The maximum Gasteiger partial charge on any atom is 0.261 e. The number of hydrogen-bond donors (Lipinski definition) is 2. The van der Waals surface area contributed by atoms with E-state index in [0.717, 1.165) is 6.07 Å². The molecule has 0 atom stereocenters. The molecule has 0 radical (unpaired) electrons. The number of sulfonamides is 1. The molecule has 0 unspecified atom stereocenters. The van der Waals surface area contributed by atoms with E-state index in [1.54, 1.807) is 12.1 Å². The molecule has 3 aromatic rings. The van der Waals surface area contributed by atoms with Gasteiger partial charge in [0.15, 0.2) is 0 Å². The van der Waals surface area contributed by atoms with Crippen LogP contribution in [-0.2, 0) is 10.0 Å². The highest BCUT2D eigenvalue weighted by Crippen LogP contribution is 2.19. The molecule has 0 aliphatic rings. The van der Waals surface area contributed by atoms with Crippen LogP contribution in [0.25, 0.3) is 0 Å². The lowest BCUT2D eigenvalue weighted by Crippen LogP contribution is -2.14. The number of carbonyl (C=O) groups is 1. The molecule has 0 saturated heterocycles. The zero-order chi connectivity index (χ0) is 19.4. The van der Waals surface area contributed by atoms with Gasteiger partial charge < -0.3 is 5.32 Å². The van der Waals surface area contributed by atoms with Crippen LogP contribution in [0.4, 0.5) is 15.8 Å². The molecule has 138 valence electrons. The van der Waals surface area contributed by atoms with E-state index < -0.39 is 15.8 Å². The van der Waals surface area contributed by atoms with Gasteiger partial charge in [0.05, 0.1) is 4.90 Å². The topological polar surface area (TPSA) is 75.3 Å². The first-order chi connectivity index (χ1) is 12.8. The Morgan fingerprint density at radius 3 is 2.19 bits per heavy atom. The highest BCUT2D eigenvalue weighted by molar-refractivity contribution is 7.92. The summed E-state index contributed by atoms with van der Waals surface area (Å²) in [7, 11) is -3.85. The van der Waals surface area contributed by atoms with Gasteiger partial charge in [-0.3, -0.25) is 9.52 Å². The Balaban J connectivity index is 1.73. The summed E-state index contributed by atoms with van der Waals surface area (Å²) < 4.78 is 40.6. The third kappa shape index (κ3) is 4.51. The third-order valence-electron chi connectivity index (χ3n) is 3.87. The number of nitrogens with one attached hydrogen (secondary N) is 2. The summed E-state index contributed by atoms with van der Waals surface area (Å²) >= 11 is 0. The minimum Gasteiger partial charge on any atom is -0.322 e. The van der Waals surface area contributed by atoms with Gasteiger partial charge in [0.2, 0.25) is 0 Å². The fraction of sp³-hybridized carbons (Fsp3) is 0.0500. The number of amides is 1. The SMILES string of the molecule is Cc1cc(S(=O)(=O)Nc2ccc(C(=O)Nc3ccccc3)cc2)ccc1F. The molecule has 27 heavy (non-hydrogen) atoms. The molecule has 0 aliphatic heterocycles. The average molecular weight is 384 g/mol. The maximum absolute atomic E-state index is 13.3. The second-order valence-corrected chi connectivity index (χ2v) is 7.60. The maximum atomic E-state index is 13.3. The van der Waals surface area contributed by atoms with Crippen molar-refractivity contribution in [1.29, 1.82) is 0 Å². The van der Waals surface area contributed by atoms with Crippen molar-refractivity contribution < 1.29 is 17.6 Å². The van der Waals surface area contributed by atoms with E-state index in [0.29, 0.717) is 16.9 Å². The van der Waals surface area contributed by atoms with Gasteiger partial charge in [-0.1, -0.05) is 18.2 Å². The standard InChI is InChI=1S/C20H17FN2O3S/c1-14-13-18(11-12-19(14)21)27(25,26)23-17-9-7-15(8-10-17)20(24)22-16-5-3-2-4-6-16/h2-13,23H,1H3,(H,22,24). The van der Waals surface area contributed by atoms with Crippen molar-refractivity contribution in [3.8, 4) is 0 Å². The van der Waals surface area contributed by atoms with Gasteiger partial charge in [-0.25, -0.2) is 12.8 Å². The molecule has 0 fully saturated rings. The molecule has 0 aromatic heterocycles. The fourth-order valence-electron chi connectivity index (χ4n) is 2.41. The quantitative estimate of drug-likeness (QED) is 0.693. The van der Waals surface area contributed by atoms with Crippen LogP contribution in [0.3, 0.4) is 0 Å². The van der Waals surface area contributed by atoms with Crippen LogP contribution in [0.15, 0.2) is 77.7 Å². The highest BCUT2D eigenvalue weighted by atomic mass is 32.2. The molecule has 1 amide bonds. The second-order valence-electron chi connectivity index (χ2n) is 5.91. The molecule has 0 saturated carbocycles. The molecule has 0 spiro atoms. The van der Waals surface area contributed by atoms with E-state index in [2.05, 4.69) is 10.0 Å². The third-order valence-corrected chi connectivity index (χ3v) is 5.25. The van der Waals surface area contributed by atoms with Crippen LogP contribution >= 0.6 is 0 Å². The zero-order valence-electron chi connectivity index (χ0n) is 14.4. The Labute approximate surface area is 156 Å². The summed E-state index contributed by atoms with van der Waals surface area (Å²) in [6.07, 6.45) is 0. The van der Waals surface area contributed by atoms with Gasteiger partial charge in [0.1, 0.15) is 5.82 Å². The first-order valence-electron chi connectivity index (χ1n) is 8.10. The first-order valence-corrected chi connectivity index (χ1v) is 9.59. The average Bonchev–Trinajstić information content (AvgIpc) is 2.65. The van der Waals surface area contributed by atoms with Crippen molar-refractivity contribution >= 4 is 27.3 Å². The van der Waals surface area contributed by atoms with Crippen LogP contribution in [0.2, 0.25) is 0 Å². The molecule has 3 aromatic carbocycles. The number of hydrogen-bond acceptors (Lipinski definition) is 3. The summed E-state index contributed by atoms with van der Waals surface area (Å²) in [6.45, 7) is 1.49. The molecule has 2 N–H and O–H groups in total. The van der Waals surface area contributed by atoms with Gasteiger partial charge in [0.25, 0.3) is 15.9 Å². The fourth-order valence-corrected chi connectivity index (χ4v) is 3.56. The lowest BCUT2D eigenvalue weighted by Gasteiger charge is -2.10. The van der Waals surface area contributed by atoms with Crippen LogP contribution < -0.4 is 10.0 Å². The predicted octanol–water partition coefficient (Wildman–Crippen LogP) is 4.19. The highest BCUT2D eigenvalue weighted by Gasteiger charge is 2.16. The van der Waals surface area contributed by atoms with E-state index in [1.165, 1.54) is 43.3 Å². The normalized spacial score (nSPS) is 11.0. The molecule has 0 heterocycles. The van der Waals surface area contributed by atoms with Crippen molar-refractivity contribution in [2.45, 2.75) is 11.8 Å². The Hall–Kier alpha value is -3.19. The summed E-state index contributed by atoms with van der Waals surface area (Å²) in [5.41, 5.74) is 1.59. The van der Waals surface area contributed by atoms with Gasteiger partial charge in [-0.15, -0.1) is 0 Å². The zero-order valence-corrected chi connectivity index (χ0v) is 15.3. The minimum absolute atomic E-state index is 0.0349. The van der Waals surface area contributed by atoms with E-state index in [-0.39, 0.29) is 16.4 Å². The minimum atomic E-state index is -3.85. The molecule has 7 heteroatoms. The van der Waals surface area contributed by atoms with Crippen molar-refractivity contribution in [3.63, 3.8) is 0 Å². The molecule has 3 rings (SSSR count). The number of halogens is 1. The summed E-state index contributed by atoms with van der Waals surface area (Å²) in [4.78, 5) is 12.2. The van der Waals surface area contributed by atoms with Crippen molar-refractivity contribution in [2.75, 3.05) is 10.0 Å². The summed E-state index contributed by atoms with van der Waals surface area (Å²) in [6, 6.07) is 18.6. The number of para-hydroxylation sites is 1. The second kappa shape index (κ2) is 7.59. The van der Waals surface area contributed by atoms with Crippen LogP contribution in [0.1, 0.15) is 15.9 Å². The van der Waals surface area contributed by atoms with E-state index in [9.17, 15) is 17.6 Å². The summed E-state index contributed by atoms with van der Waals surface area (Å²) in [5, 5.41) is 2.75. The lowest BCUT2D eigenvalue weighted by molar-refractivity contribution is 0.102. The molecule has 0 bridgehead atoms. The van der Waals surface area contributed by atoms with Gasteiger partial charge in [-0.2, -0.15) is 0 Å². The number of aryl methyl sites for hydroxylation is 1. The van der Waals surface area contributed by atoms with Gasteiger partial charge in [-0.05, 0) is 67.1 Å². The Bertz CT molecular complexity index is 1070. The number of carbonyl (C=O) groups excluding carboxylic acids is 1.